The number of ether oxygens (including phenoxy) is 3. The molecule has 0 aromatic heterocycles. The number of nitrogens with two attached hydrogens (primary N) is 1. The normalized spacial score (nSPS) is 15.7. The van der Waals surface area contributed by atoms with Gasteiger partial charge in [-0.15, -0.1) is 0 Å². The molecule has 1 saturated heterocycles. The van der Waals surface area contributed by atoms with Gasteiger partial charge in [-0.1, -0.05) is 30.3 Å². The first-order valence-corrected chi connectivity index (χ1v) is 9.68. The van der Waals surface area contributed by atoms with Crippen LogP contribution >= 0.6 is 0 Å². The zero-order valence-electron chi connectivity index (χ0n) is 17.5. The van der Waals surface area contributed by atoms with Crippen LogP contribution in [0.25, 0.3) is 0 Å². The average molecular weight is 399 g/mol. The highest BCUT2D eigenvalue weighted by atomic mass is 16.5. The minimum Gasteiger partial charge on any atom is -0.493 e. The molecular formula is C22H29N3O4. The second-order valence-corrected chi connectivity index (χ2v) is 7.02. The second-order valence-electron chi connectivity index (χ2n) is 7.02. The van der Waals surface area contributed by atoms with Crippen molar-refractivity contribution >= 4 is 11.6 Å². The molecule has 3 rings (SSSR count). The first-order valence-electron chi connectivity index (χ1n) is 9.68. The number of anilines is 1. The van der Waals surface area contributed by atoms with Gasteiger partial charge < -0.3 is 24.8 Å². The van der Waals surface area contributed by atoms with Crippen molar-refractivity contribution in [2.45, 2.75) is 13.0 Å². The molecule has 1 aliphatic heterocycles. The Labute approximate surface area is 171 Å². The molecule has 1 atom stereocenters. The number of methoxy groups -OCH3 is 3. The van der Waals surface area contributed by atoms with Gasteiger partial charge in [0.15, 0.2) is 11.5 Å². The molecule has 7 heteroatoms. The van der Waals surface area contributed by atoms with Crippen molar-refractivity contribution in [2.75, 3.05) is 53.2 Å². The van der Waals surface area contributed by atoms with Crippen LogP contribution in [0.1, 0.15) is 28.9 Å². The monoisotopic (exact) mass is 399 g/mol. The number of carbonyl (C=O) groups is 1. The highest BCUT2D eigenvalue weighted by molar-refractivity contribution is 6.02. The SMILES string of the molecule is COc1cc(C(=O)N2CCN(C(C)c3ccccc3)CC2)c(N)c(OC)c1OC. The van der Waals surface area contributed by atoms with E-state index in [4.69, 9.17) is 19.9 Å². The number of carbonyl (C=O) groups excluding carboxylic acids is 1. The molecule has 0 radical (unpaired) electrons. The molecule has 0 saturated carbocycles. The fourth-order valence-corrected chi connectivity index (χ4v) is 3.78. The van der Waals surface area contributed by atoms with Crippen molar-refractivity contribution < 1.29 is 19.0 Å². The van der Waals surface area contributed by atoms with Crippen molar-refractivity contribution in [1.29, 1.82) is 0 Å². The Morgan fingerprint density at radius 3 is 2.14 bits per heavy atom. The van der Waals surface area contributed by atoms with Crippen LogP contribution in [-0.4, -0.2) is 63.2 Å². The zero-order valence-corrected chi connectivity index (χ0v) is 17.5. The molecule has 2 aromatic carbocycles. The summed E-state index contributed by atoms with van der Waals surface area (Å²) >= 11 is 0. The minimum absolute atomic E-state index is 0.131. The van der Waals surface area contributed by atoms with E-state index in [0.29, 0.717) is 41.9 Å². The van der Waals surface area contributed by atoms with Crippen molar-refractivity contribution in [2.24, 2.45) is 0 Å². The third-order valence-corrected chi connectivity index (χ3v) is 5.53. The van der Waals surface area contributed by atoms with Gasteiger partial charge in [0.05, 0.1) is 32.6 Å². The average Bonchev–Trinajstić information content (AvgIpc) is 2.78. The summed E-state index contributed by atoms with van der Waals surface area (Å²) in [6.07, 6.45) is 0. The Bertz CT molecular complexity index is 849. The quantitative estimate of drug-likeness (QED) is 0.753. The summed E-state index contributed by atoms with van der Waals surface area (Å²) in [5.41, 5.74) is 8.14. The van der Waals surface area contributed by atoms with Gasteiger partial charge in [0.1, 0.15) is 0 Å². The summed E-state index contributed by atoms with van der Waals surface area (Å²) in [5.74, 6) is 0.976. The topological polar surface area (TPSA) is 77.3 Å². The van der Waals surface area contributed by atoms with Gasteiger partial charge in [-0.3, -0.25) is 9.69 Å². The van der Waals surface area contributed by atoms with Gasteiger partial charge in [-0.05, 0) is 18.6 Å². The predicted octanol–water partition coefficient (Wildman–Crippen LogP) is 2.81. The number of benzene rings is 2. The highest BCUT2D eigenvalue weighted by Gasteiger charge is 2.29. The molecule has 1 aliphatic rings. The summed E-state index contributed by atoms with van der Waals surface area (Å²) in [4.78, 5) is 17.4. The maximum absolute atomic E-state index is 13.2. The fraction of sp³-hybridized carbons (Fsp3) is 0.409. The smallest absolute Gasteiger partial charge is 0.256 e. The fourth-order valence-electron chi connectivity index (χ4n) is 3.78. The maximum atomic E-state index is 13.2. The first-order chi connectivity index (χ1) is 14.0. The molecule has 1 fully saturated rings. The summed E-state index contributed by atoms with van der Waals surface area (Å²) in [5, 5.41) is 0. The van der Waals surface area contributed by atoms with E-state index in [2.05, 4.69) is 36.1 Å². The van der Waals surface area contributed by atoms with Gasteiger partial charge in [-0.2, -0.15) is 0 Å². The predicted molar refractivity (Wildman–Crippen MR) is 113 cm³/mol. The van der Waals surface area contributed by atoms with Crippen LogP contribution in [0.2, 0.25) is 0 Å². The van der Waals surface area contributed by atoms with E-state index in [9.17, 15) is 4.79 Å². The Kier molecular flexibility index (Phi) is 6.49. The molecule has 156 valence electrons. The van der Waals surface area contributed by atoms with Crippen LogP contribution in [0.15, 0.2) is 36.4 Å². The van der Waals surface area contributed by atoms with E-state index in [1.807, 2.05) is 11.0 Å². The van der Waals surface area contributed by atoms with Crippen LogP contribution in [0.4, 0.5) is 5.69 Å². The van der Waals surface area contributed by atoms with Crippen LogP contribution in [0, 0.1) is 0 Å². The molecule has 0 bridgehead atoms. The number of piperazine rings is 1. The molecular weight excluding hydrogens is 370 g/mol. The molecule has 0 spiro atoms. The molecule has 2 N–H and O–H groups in total. The third-order valence-electron chi connectivity index (χ3n) is 5.53. The number of hydrogen-bond acceptors (Lipinski definition) is 6. The largest absolute Gasteiger partial charge is 0.493 e. The molecule has 2 aromatic rings. The van der Waals surface area contributed by atoms with E-state index in [-0.39, 0.29) is 11.6 Å². The number of amides is 1. The van der Waals surface area contributed by atoms with E-state index in [0.717, 1.165) is 13.1 Å². The molecule has 1 heterocycles. The first kappa shape index (κ1) is 20.8. The lowest BCUT2D eigenvalue weighted by atomic mass is 10.1. The molecule has 7 nitrogen and oxygen atoms in total. The number of rotatable bonds is 6. The minimum atomic E-state index is -0.131. The van der Waals surface area contributed by atoms with Gasteiger partial charge in [0.25, 0.3) is 5.91 Å². The van der Waals surface area contributed by atoms with Crippen LogP contribution < -0.4 is 19.9 Å². The van der Waals surface area contributed by atoms with Gasteiger partial charge in [0, 0.05) is 32.2 Å². The highest BCUT2D eigenvalue weighted by Crippen LogP contribution is 2.44. The van der Waals surface area contributed by atoms with Crippen molar-refractivity contribution in [1.82, 2.24) is 9.80 Å². The van der Waals surface area contributed by atoms with E-state index in [1.54, 1.807) is 6.07 Å². The maximum Gasteiger partial charge on any atom is 0.256 e. The Hall–Kier alpha value is -2.93. The van der Waals surface area contributed by atoms with Gasteiger partial charge >= 0.3 is 0 Å². The van der Waals surface area contributed by atoms with E-state index >= 15 is 0 Å². The zero-order chi connectivity index (χ0) is 21.0. The Morgan fingerprint density at radius 2 is 1.59 bits per heavy atom. The van der Waals surface area contributed by atoms with Crippen LogP contribution in [0.5, 0.6) is 17.2 Å². The van der Waals surface area contributed by atoms with E-state index < -0.39 is 0 Å². The lowest BCUT2D eigenvalue weighted by Crippen LogP contribution is -2.49. The molecule has 0 aliphatic carbocycles. The third kappa shape index (κ3) is 4.10. The summed E-state index contributed by atoms with van der Waals surface area (Å²) in [7, 11) is 4.52. The van der Waals surface area contributed by atoms with Crippen molar-refractivity contribution in [3.05, 3.63) is 47.5 Å². The van der Waals surface area contributed by atoms with Crippen LogP contribution in [0.3, 0.4) is 0 Å². The summed E-state index contributed by atoms with van der Waals surface area (Å²) < 4.78 is 16.1. The number of nitrogen functional groups attached to an aromatic ring is 1. The summed E-state index contributed by atoms with van der Waals surface area (Å²) in [6.45, 7) is 5.06. The lowest BCUT2D eigenvalue weighted by molar-refractivity contribution is 0.0582. The molecule has 1 unspecified atom stereocenters. The second kappa shape index (κ2) is 9.05. The number of hydrogen-bond donors (Lipinski definition) is 1. The molecule has 29 heavy (non-hydrogen) atoms. The van der Waals surface area contributed by atoms with E-state index in [1.165, 1.54) is 26.9 Å². The summed E-state index contributed by atoms with van der Waals surface area (Å²) in [6, 6.07) is 12.3. The Morgan fingerprint density at radius 1 is 0.966 bits per heavy atom. The van der Waals surface area contributed by atoms with Gasteiger partial charge in [-0.25, -0.2) is 0 Å². The standard InChI is InChI=1S/C22H29N3O4/c1-15(16-8-6-5-7-9-16)24-10-12-25(13-11-24)22(26)17-14-18(27-2)20(28-3)21(29-4)19(17)23/h5-9,14-15H,10-13,23H2,1-4H3. The number of nitrogens with zero attached hydrogens (tertiary/aromatic N) is 2. The van der Waals surface area contributed by atoms with Crippen LogP contribution in [-0.2, 0) is 0 Å². The Balaban J connectivity index is 1.76. The van der Waals surface area contributed by atoms with Crippen molar-refractivity contribution in [3.63, 3.8) is 0 Å². The van der Waals surface area contributed by atoms with Gasteiger partial charge in [0.2, 0.25) is 5.75 Å². The molecule has 1 amide bonds. The lowest BCUT2D eigenvalue weighted by Gasteiger charge is -2.38. The van der Waals surface area contributed by atoms with Crippen molar-refractivity contribution in [3.8, 4) is 17.2 Å².